The Morgan fingerprint density at radius 3 is 2.54 bits per heavy atom. The number of hydrogen-bond acceptors (Lipinski definition) is 4. The molecule has 150 valence electrons. The molecule has 0 amide bonds. The summed E-state index contributed by atoms with van der Waals surface area (Å²) in [6, 6.07) is 1.37. The Labute approximate surface area is 162 Å². The highest BCUT2D eigenvalue weighted by molar-refractivity contribution is 5.69. The minimum Gasteiger partial charge on any atom is -0.402 e. The normalized spacial score (nSPS) is 29.7. The molecule has 0 aromatic carbocycles. The van der Waals surface area contributed by atoms with Gasteiger partial charge in [-0.05, 0) is 68.4 Å². The first-order valence-corrected chi connectivity index (χ1v) is 10.0. The highest BCUT2D eigenvalue weighted by Crippen LogP contribution is 2.63. The zero-order chi connectivity index (χ0) is 19.5. The number of nitrogen functional groups attached to an aromatic ring is 1. The van der Waals surface area contributed by atoms with Crippen LogP contribution in [0.5, 0.6) is 5.75 Å². The van der Waals surface area contributed by atoms with Crippen LogP contribution in [-0.4, -0.2) is 21.8 Å². The number of allylic oxidation sites excluding steroid dienone is 3. The van der Waals surface area contributed by atoms with Crippen molar-refractivity contribution in [2.75, 3.05) is 5.73 Å². The Morgan fingerprint density at radius 1 is 1.21 bits per heavy atom. The van der Waals surface area contributed by atoms with Crippen molar-refractivity contribution in [2.24, 2.45) is 11.8 Å². The molecule has 5 aliphatic rings. The molecule has 7 heteroatoms. The molecule has 2 bridgehead atoms. The van der Waals surface area contributed by atoms with Crippen molar-refractivity contribution in [3.05, 3.63) is 35.8 Å². The number of aromatic nitrogens is 1. The van der Waals surface area contributed by atoms with Gasteiger partial charge in [0.1, 0.15) is 0 Å². The van der Waals surface area contributed by atoms with Crippen LogP contribution >= 0.6 is 0 Å². The summed E-state index contributed by atoms with van der Waals surface area (Å²) >= 11 is 0. The molecule has 1 aromatic heterocycles. The molecule has 1 aromatic rings. The molecule has 0 unspecified atom stereocenters. The van der Waals surface area contributed by atoms with Crippen molar-refractivity contribution < 1.29 is 17.9 Å². The molecule has 2 heterocycles. The minimum absolute atomic E-state index is 0.230. The van der Waals surface area contributed by atoms with Crippen LogP contribution in [0.15, 0.2) is 30.2 Å². The molecule has 0 radical (unpaired) electrons. The van der Waals surface area contributed by atoms with Gasteiger partial charge in [0.05, 0.1) is 0 Å². The summed E-state index contributed by atoms with van der Waals surface area (Å²) in [6.07, 6.45) is 10.4. The molecule has 4 aliphatic carbocycles. The number of ether oxygens (including phenoxy) is 1. The van der Waals surface area contributed by atoms with Crippen molar-refractivity contribution in [1.29, 1.82) is 0 Å². The van der Waals surface area contributed by atoms with E-state index in [4.69, 9.17) is 5.73 Å². The van der Waals surface area contributed by atoms with E-state index in [1.54, 1.807) is 6.20 Å². The molecule has 1 aliphatic heterocycles. The largest absolute Gasteiger partial charge is 0.573 e. The molecule has 4 saturated carbocycles. The second-order valence-corrected chi connectivity index (χ2v) is 8.68. The Balaban J connectivity index is 1.49. The summed E-state index contributed by atoms with van der Waals surface area (Å²) < 4.78 is 42.1. The number of hydrogen-bond donors (Lipinski definition) is 1. The third-order valence-corrected chi connectivity index (χ3v) is 6.85. The molecule has 0 spiro atoms. The lowest BCUT2D eigenvalue weighted by atomic mass is 9.48. The van der Waals surface area contributed by atoms with Crippen LogP contribution in [0.1, 0.15) is 56.9 Å². The lowest BCUT2D eigenvalue weighted by molar-refractivity contribution is -0.274. The van der Waals surface area contributed by atoms with Crippen LogP contribution in [-0.2, 0) is 0 Å². The number of nitrogens with two attached hydrogens (primary N) is 1. The van der Waals surface area contributed by atoms with Gasteiger partial charge in [-0.1, -0.05) is 12.5 Å². The van der Waals surface area contributed by atoms with E-state index in [1.165, 1.54) is 50.3 Å². The van der Waals surface area contributed by atoms with Crippen LogP contribution in [0, 0.1) is 11.8 Å². The van der Waals surface area contributed by atoms with Crippen LogP contribution in [0.25, 0.3) is 5.57 Å². The number of alkyl halides is 3. The fourth-order valence-electron chi connectivity index (χ4n) is 5.03. The summed E-state index contributed by atoms with van der Waals surface area (Å²) in [6.45, 7) is 0. The zero-order valence-electron chi connectivity index (χ0n) is 15.6. The SMILES string of the molecule is Nc1ncc(C2=CN(C34CC(C3)C4)C(C3CCC3)=CCC2)cc1OC(F)(F)F. The Bertz CT molecular complexity index is 840. The Morgan fingerprint density at radius 2 is 1.96 bits per heavy atom. The third-order valence-electron chi connectivity index (χ3n) is 6.85. The van der Waals surface area contributed by atoms with Gasteiger partial charge in [-0.2, -0.15) is 0 Å². The number of nitrogens with zero attached hydrogens (tertiary/aromatic N) is 2. The maximum atomic E-state index is 12.7. The smallest absolute Gasteiger partial charge is 0.402 e. The molecule has 0 saturated heterocycles. The van der Waals surface area contributed by atoms with E-state index in [0.29, 0.717) is 11.5 Å². The summed E-state index contributed by atoms with van der Waals surface area (Å²) in [5.41, 5.74) is 8.90. The summed E-state index contributed by atoms with van der Waals surface area (Å²) in [5, 5.41) is 0. The minimum atomic E-state index is -4.79. The van der Waals surface area contributed by atoms with Gasteiger partial charge in [-0.25, -0.2) is 4.98 Å². The van der Waals surface area contributed by atoms with E-state index in [9.17, 15) is 13.2 Å². The van der Waals surface area contributed by atoms with E-state index in [1.807, 2.05) is 0 Å². The van der Waals surface area contributed by atoms with Crippen molar-refractivity contribution in [3.63, 3.8) is 0 Å². The lowest BCUT2D eigenvalue weighted by Crippen LogP contribution is -2.66. The molecule has 4 fully saturated rings. The first-order chi connectivity index (χ1) is 13.3. The predicted octanol–water partition coefficient (Wildman–Crippen LogP) is 5.24. The first kappa shape index (κ1) is 17.9. The lowest BCUT2D eigenvalue weighted by Gasteiger charge is -2.67. The highest BCUT2D eigenvalue weighted by atomic mass is 19.4. The number of halogens is 3. The fraction of sp³-hybridized carbons (Fsp3) is 0.571. The molecule has 2 N–H and O–H groups in total. The molecular formula is C21H24F3N3O. The Hall–Kier alpha value is -2.18. The van der Waals surface area contributed by atoms with Gasteiger partial charge in [-0.3, -0.25) is 0 Å². The van der Waals surface area contributed by atoms with Gasteiger partial charge < -0.3 is 15.4 Å². The van der Waals surface area contributed by atoms with Gasteiger partial charge in [0, 0.05) is 29.2 Å². The van der Waals surface area contributed by atoms with E-state index in [2.05, 4.69) is 26.9 Å². The molecule has 0 atom stereocenters. The zero-order valence-corrected chi connectivity index (χ0v) is 15.6. The second-order valence-electron chi connectivity index (χ2n) is 8.68. The number of pyridine rings is 1. The standard InChI is InChI=1S/C21H24F3N3O/c22-21(23,24)28-18-7-16(11-26-19(18)25)15-5-2-6-17(14-3-1-4-14)27(12-15)20-8-13(9-20)10-20/h6-7,11-14H,1-5,8-10H2,(H2,25,26). The van der Waals surface area contributed by atoms with E-state index >= 15 is 0 Å². The van der Waals surface area contributed by atoms with Gasteiger partial charge in [0.25, 0.3) is 0 Å². The maximum absolute atomic E-state index is 12.7. The van der Waals surface area contributed by atoms with Crippen LogP contribution in [0.4, 0.5) is 19.0 Å². The fourth-order valence-corrected chi connectivity index (χ4v) is 5.03. The first-order valence-electron chi connectivity index (χ1n) is 10.0. The van der Waals surface area contributed by atoms with E-state index in [-0.39, 0.29) is 11.4 Å². The molecule has 28 heavy (non-hydrogen) atoms. The third kappa shape index (κ3) is 2.95. The predicted molar refractivity (Wildman–Crippen MR) is 99.9 cm³/mol. The van der Waals surface area contributed by atoms with Crippen molar-refractivity contribution >= 4 is 11.4 Å². The Kier molecular flexibility index (Phi) is 3.93. The summed E-state index contributed by atoms with van der Waals surface area (Å²) in [5.74, 6) is 0.797. The van der Waals surface area contributed by atoms with Gasteiger partial charge in [0.2, 0.25) is 0 Å². The van der Waals surface area contributed by atoms with Crippen molar-refractivity contribution in [3.8, 4) is 5.75 Å². The summed E-state index contributed by atoms with van der Waals surface area (Å²) in [7, 11) is 0. The van der Waals surface area contributed by atoms with Crippen LogP contribution in [0.3, 0.4) is 0 Å². The molecular weight excluding hydrogens is 367 g/mol. The number of anilines is 1. The quantitative estimate of drug-likeness (QED) is 0.763. The average Bonchev–Trinajstić information content (AvgIpc) is 2.67. The molecule has 6 rings (SSSR count). The van der Waals surface area contributed by atoms with E-state index < -0.39 is 12.1 Å². The highest BCUT2D eigenvalue weighted by Gasteiger charge is 2.60. The van der Waals surface area contributed by atoms with Gasteiger partial charge in [0.15, 0.2) is 11.6 Å². The monoisotopic (exact) mass is 391 g/mol. The topological polar surface area (TPSA) is 51.4 Å². The molecule has 4 nitrogen and oxygen atoms in total. The number of rotatable bonds is 4. The second kappa shape index (κ2) is 6.16. The maximum Gasteiger partial charge on any atom is 0.573 e. The van der Waals surface area contributed by atoms with Gasteiger partial charge in [-0.15, -0.1) is 13.2 Å². The average molecular weight is 391 g/mol. The van der Waals surface area contributed by atoms with Crippen molar-refractivity contribution in [1.82, 2.24) is 9.88 Å². The summed E-state index contributed by atoms with van der Waals surface area (Å²) in [4.78, 5) is 6.43. The van der Waals surface area contributed by atoms with Gasteiger partial charge >= 0.3 is 6.36 Å². The van der Waals surface area contributed by atoms with E-state index in [0.717, 1.165) is 24.3 Å². The van der Waals surface area contributed by atoms with Crippen LogP contribution < -0.4 is 10.5 Å². The van der Waals surface area contributed by atoms with Crippen LogP contribution in [0.2, 0.25) is 0 Å². The van der Waals surface area contributed by atoms with Crippen molar-refractivity contribution in [2.45, 2.75) is 63.3 Å².